The molecule has 0 unspecified atom stereocenters. The van der Waals surface area contributed by atoms with E-state index in [4.69, 9.17) is 14.2 Å². The van der Waals surface area contributed by atoms with Crippen molar-refractivity contribution in [1.29, 1.82) is 0 Å². The largest absolute Gasteiger partial charge is 0.497 e. The Balaban J connectivity index is 1.17. The molecular formula is C37H40N4O5. The zero-order chi connectivity index (χ0) is 31.9. The Kier molecular flexibility index (Phi) is 9.69. The molecule has 0 radical (unpaired) electrons. The predicted octanol–water partition coefficient (Wildman–Crippen LogP) is 6.02. The second-order valence-electron chi connectivity index (χ2n) is 11.6. The lowest BCUT2D eigenvalue weighted by molar-refractivity contribution is -0.0290. The molecule has 2 atom stereocenters. The molecule has 2 heterocycles. The number of amides is 2. The van der Waals surface area contributed by atoms with E-state index in [1.54, 1.807) is 26.4 Å². The number of likely N-dealkylation sites (tertiary alicyclic amines) is 1. The summed E-state index contributed by atoms with van der Waals surface area (Å²) < 4.78 is 16.9. The molecule has 0 aliphatic carbocycles. The van der Waals surface area contributed by atoms with Crippen LogP contribution < -0.4 is 19.7 Å². The number of carbonyl (C=O) groups is 2. The van der Waals surface area contributed by atoms with Crippen LogP contribution in [0.15, 0.2) is 103 Å². The highest BCUT2D eigenvalue weighted by Crippen LogP contribution is 2.27. The third-order valence-corrected chi connectivity index (χ3v) is 8.81. The number of benzene rings is 4. The molecule has 2 aliphatic heterocycles. The minimum atomic E-state index is -0.360. The smallest absolute Gasteiger partial charge is 0.338 e. The highest BCUT2D eigenvalue weighted by atomic mass is 16.5. The van der Waals surface area contributed by atoms with Gasteiger partial charge >= 0.3 is 12.0 Å². The van der Waals surface area contributed by atoms with Crippen LogP contribution >= 0.6 is 0 Å². The number of hydrogen-bond donors (Lipinski definition) is 1. The van der Waals surface area contributed by atoms with E-state index in [9.17, 15) is 9.59 Å². The van der Waals surface area contributed by atoms with Gasteiger partial charge in [0.1, 0.15) is 17.6 Å². The van der Waals surface area contributed by atoms with Crippen molar-refractivity contribution in [3.05, 3.63) is 109 Å². The zero-order valence-electron chi connectivity index (χ0n) is 26.3. The normalized spacial score (nSPS) is 18.5. The number of esters is 1. The van der Waals surface area contributed by atoms with Crippen LogP contribution in [0.3, 0.4) is 0 Å². The first-order valence-corrected chi connectivity index (χ1v) is 15.7. The van der Waals surface area contributed by atoms with E-state index in [2.05, 4.69) is 27.2 Å². The number of carbonyl (C=O) groups excluding carboxylic acids is 2. The van der Waals surface area contributed by atoms with Crippen LogP contribution in [0.2, 0.25) is 0 Å². The third kappa shape index (κ3) is 7.26. The minimum Gasteiger partial charge on any atom is -0.497 e. The molecule has 0 saturated carbocycles. The number of nitrogens with zero attached hydrogens (tertiary/aromatic N) is 3. The minimum absolute atomic E-state index is 0.149. The molecule has 2 aliphatic rings. The van der Waals surface area contributed by atoms with E-state index in [1.807, 2.05) is 83.8 Å². The van der Waals surface area contributed by atoms with E-state index >= 15 is 0 Å². The van der Waals surface area contributed by atoms with Crippen molar-refractivity contribution >= 4 is 23.4 Å². The van der Waals surface area contributed by atoms with Crippen molar-refractivity contribution in [2.75, 3.05) is 63.7 Å². The second kappa shape index (κ2) is 14.4. The molecule has 0 bridgehead atoms. The Morgan fingerprint density at radius 3 is 2.17 bits per heavy atom. The van der Waals surface area contributed by atoms with Crippen molar-refractivity contribution in [2.24, 2.45) is 0 Å². The molecule has 2 fully saturated rings. The summed E-state index contributed by atoms with van der Waals surface area (Å²) in [5.74, 6) is 1.15. The maximum atomic E-state index is 13.6. The SMILES string of the molecule is COc1ccc(N2CCN([C@@H]3CN(C(=O)Nc4cccc(OC)c4)CC[C@H]3OC(=O)c3cccc(-c4ccccc4)c3)CC2)cc1. The Bertz CT molecular complexity index is 1620. The van der Waals surface area contributed by atoms with Crippen molar-refractivity contribution in [3.63, 3.8) is 0 Å². The number of ether oxygens (including phenoxy) is 3. The lowest BCUT2D eigenvalue weighted by Gasteiger charge is -2.46. The molecule has 0 aromatic heterocycles. The van der Waals surface area contributed by atoms with Gasteiger partial charge in [0.15, 0.2) is 0 Å². The summed E-state index contributed by atoms with van der Waals surface area (Å²) >= 11 is 0. The van der Waals surface area contributed by atoms with Crippen molar-refractivity contribution in [1.82, 2.24) is 9.80 Å². The van der Waals surface area contributed by atoms with E-state index in [0.29, 0.717) is 36.5 Å². The molecular weight excluding hydrogens is 580 g/mol. The Morgan fingerprint density at radius 2 is 1.43 bits per heavy atom. The van der Waals surface area contributed by atoms with Gasteiger partial charge in [0.05, 0.1) is 25.8 Å². The summed E-state index contributed by atoms with van der Waals surface area (Å²) in [6.07, 6.45) is 0.181. The van der Waals surface area contributed by atoms with Crippen molar-refractivity contribution < 1.29 is 23.8 Å². The van der Waals surface area contributed by atoms with Gasteiger partial charge in [-0.3, -0.25) is 4.90 Å². The molecule has 6 rings (SSSR count). The fraction of sp³-hybridized carbons (Fsp3) is 0.297. The number of hydrogen-bond acceptors (Lipinski definition) is 7. The molecule has 46 heavy (non-hydrogen) atoms. The molecule has 4 aromatic rings. The highest BCUT2D eigenvalue weighted by molar-refractivity contribution is 5.91. The van der Waals surface area contributed by atoms with Gasteiger partial charge in [-0.1, -0.05) is 48.5 Å². The van der Waals surface area contributed by atoms with Gasteiger partial charge in [-0.2, -0.15) is 0 Å². The maximum absolute atomic E-state index is 13.6. The number of piperidine rings is 1. The Hall–Kier alpha value is -5.02. The summed E-state index contributed by atoms with van der Waals surface area (Å²) in [5.41, 5.74) is 4.33. The van der Waals surface area contributed by atoms with E-state index < -0.39 is 0 Å². The van der Waals surface area contributed by atoms with Crippen molar-refractivity contribution in [2.45, 2.75) is 18.6 Å². The predicted molar refractivity (Wildman–Crippen MR) is 180 cm³/mol. The lowest BCUT2D eigenvalue weighted by atomic mass is 9.99. The van der Waals surface area contributed by atoms with Gasteiger partial charge in [0, 0.05) is 63.1 Å². The summed E-state index contributed by atoms with van der Waals surface area (Å²) in [4.78, 5) is 33.5. The number of piperazine rings is 1. The summed E-state index contributed by atoms with van der Waals surface area (Å²) in [7, 11) is 3.27. The van der Waals surface area contributed by atoms with Gasteiger partial charge in [0.25, 0.3) is 0 Å². The standard InChI is InChI=1S/C37H40N4O5/c1-44-32-16-14-31(15-17-32)39-20-22-40(23-21-39)34-26-41(37(43)38-30-12-7-13-33(25-30)45-2)19-18-35(34)46-36(42)29-11-6-10-28(24-29)27-8-4-3-5-9-27/h3-17,24-25,34-35H,18-23,26H2,1-2H3,(H,38,43)/t34-,35-/m1/s1. The highest BCUT2D eigenvalue weighted by Gasteiger charge is 2.39. The third-order valence-electron chi connectivity index (χ3n) is 8.81. The van der Waals surface area contributed by atoms with Gasteiger partial charge in [0.2, 0.25) is 0 Å². The van der Waals surface area contributed by atoms with E-state index in [-0.39, 0.29) is 24.1 Å². The molecule has 9 heteroatoms. The van der Waals surface area contributed by atoms with Crippen LogP contribution in [0.5, 0.6) is 11.5 Å². The van der Waals surface area contributed by atoms with E-state index in [1.165, 1.54) is 0 Å². The first-order valence-electron chi connectivity index (χ1n) is 15.7. The maximum Gasteiger partial charge on any atom is 0.338 e. The number of nitrogens with one attached hydrogen (secondary N) is 1. The van der Waals surface area contributed by atoms with Gasteiger partial charge < -0.3 is 29.3 Å². The van der Waals surface area contributed by atoms with Crippen LogP contribution in [0.4, 0.5) is 16.2 Å². The summed E-state index contributed by atoms with van der Waals surface area (Å²) in [5, 5.41) is 3.01. The molecule has 2 saturated heterocycles. The fourth-order valence-corrected chi connectivity index (χ4v) is 6.25. The molecule has 9 nitrogen and oxygen atoms in total. The summed E-state index contributed by atoms with van der Waals surface area (Å²) in [6, 6.07) is 32.7. The van der Waals surface area contributed by atoms with Crippen LogP contribution in [-0.2, 0) is 4.74 Å². The molecule has 2 amide bonds. The quantitative estimate of drug-likeness (QED) is 0.241. The van der Waals surface area contributed by atoms with Crippen LogP contribution in [0, 0.1) is 0 Å². The number of anilines is 2. The molecule has 0 spiro atoms. The van der Waals surface area contributed by atoms with Crippen LogP contribution in [-0.4, -0.2) is 87.4 Å². The summed E-state index contributed by atoms with van der Waals surface area (Å²) in [6.45, 7) is 4.11. The van der Waals surface area contributed by atoms with Gasteiger partial charge in [-0.15, -0.1) is 0 Å². The second-order valence-corrected chi connectivity index (χ2v) is 11.6. The Labute approximate surface area is 270 Å². The molecule has 238 valence electrons. The van der Waals surface area contributed by atoms with Crippen LogP contribution in [0.1, 0.15) is 16.8 Å². The number of rotatable bonds is 8. The number of urea groups is 1. The average Bonchev–Trinajstić information content (AvgIpc) is 3.12. The molecule has 1 N–H and O–H groups in total. The van der Waals surface area contributed by atoms with Crippen molar-refractivity contribution in [3.8, 4) is 22.6 Å². The van der Waals surface area contributed by atoms with E-state index in [0.717, 1.165) is 48.7 Å². The lowest BCUT2D eigenvalue weighted by Crippen LogP contribution is -2.61. The average molecular weight is 621 g/mol. The first-order chi connectivity index (χ1) is 22.5. The van der Waals surface area contributed by atoms with Gasteiger partial charge in [-0.25, -0.2) is 9.59 Å². The number of methoxy groups -OCH3 is 2. The topological polar surface area (TPSA) is 83.6 Å². The first kappa shape index (κ1) is 31.0. The molecule has 4 aromatic carbocycles. The Morgan fingerprint density at radius 1 is 0.717 bits per heavy atom. The fourth-order valence-electron chi connectivity index (χ4n) is 6.25. The zero-order valence-corrected chi connectivity index (χ0v) is 26.3. The monoisotopic (exact) mass is 620 g/mol. The van der Waals surface area contributed by atoms with Gasteiger partial charge in [-0.05, 0) is 59.7 Å². The van der Waals surface area contributed by atoms with Crippen LogP contribution in [0.25, 0.3) is 11.1 Å².